The maximum absolute atomic E-state index is 10.3. The summed E-state index contributed by atoms with van der Waals surface area (Å²) >= 11 is 0. The summed E-state index contributed by atoms with van der Waals surface area (Å²) in [6, 6.07) is 7.24. The van der Waals surface area contributed by atoms with Gasteiger partial charge in [-0.1, -0.05) is 18.2 Å². The van der Waals surface area contributed by atoms with Gasteiger partial charge in [0.05, 0.1) is 6.61 Å². The fourth-order valence-corrected chi connectivity index (χ4v) is 1.10. The van der Waals surface area contributed by atoms with Gasteiger partial charge < -0.3 is 9.84 Å². The van der Waals surface area contributed by atoms with E-state index in [2.05, 4.69) is 6.58 Å². The first-order valence-corrected chi connectivity index (χ1v) is 4.97. The number of rotatable bonds is 6. The standard InChI is InChI=1S/C13H14O3/c1-2-3-10-16-12-7-4-11(5-8-12)6-9-13(14)15/h2,4-9H,1,3,10H2,(H,14,15). The number of hydrogen-bond acceptors (Lipinski definition) is 2. The molecule has 0 spiro atoms. The molecule has 1 N–H and O–H groups in total. The molecule has 3 nitrogen and oxygen atoms in total. The van der Waals surface area contributed by atoms with Gasteiger partial charge in [-0.15, -0.1) is 6.58 Å². The molecule has 0 fully saturated rings. The molecular formula is C13H14O3. The van der Waals surface area contributed by atoms with Crippen LogP contribution in [-0.4, -0.2) is 17.7 Å². The number of carboxylic acids is 1. The molecule has 0 aromatic heterocycles. The van der Waals surface area contributed by atoms with Crippen molar-refractivity contribution >= 4 is 12.0 Å². The highest BCUT2D eigenvalue weighted by Gasteiger charge is 1.93. The summed E-state index contributed by atoms with van der Waals surface area (Å²) in [7, 11) is 0. The third-order valence-electron chi connectivity index (χ3n) is 1.89. The predicted molar refractivity (Wildman–Crippen MR) is 63.4 cm³/mol. The Labute approximate surface area is 94.7 Å². The second-order valence-electron chi connectivity index (χ2n) is 3.17. The molecule has 0 amide bonds. The van der Waals surface area contributed by atoms with Gasteiger partial charge in [-0.2, -0.15) is 0 Å². The number of hydrogen-bond donors (Lipinski definition) is 1. The first-order chi connectivity index (χ1) is 7.72. The van der Waals surface area contributed by atoms with Crippen molar-refractivity contribution in [3.63, 3.8) is 0 Å². The van der Waals surface area contributed by atoms with E-state index >= 15 is 0 Å². The van der Waals surface area contributed by atoms with Gasteiger partial charge in [-0.05, 0) is 30.2 Å². The number of carbonyl (C=O) groups is 1. The van der Waals surface area contributed by atoms with Gasteiger partial charge in [0.15, 0.2) is 0 Å². The van der Waals surface area contributed by atoms with Gasteiger partial charge in [0.1, 0.15) is 5.75 Å². The quantitative estimate of drug-likeness (QED) is 0.453. The number of aliphatic carboxylic acids is 1. The first kappa shape index (κ1) is 12.0. The van der Waals surface area contributed by atoms with E-state index in [1.165, 1.54) is 6.08 Å². The molecule has 0 atom stereocenters. The van der Waals surface area contributed by atoms with Crippen LogP contribution < -0.4 is 4.74 Å². The zero-order chi connectivity index (χ0) is 11.8. The van der Waals surface area contributed by atoms with Crippen molar-refractivity contribution < 1.29 is 14.6 Å². The van der Waals surface area contributed by atoms with Crippen molar-refractivity contribution in [3.05, 3.63) is 48.6 Å². The SMILES string of the molecule is C=CCCOc1ccc(C=CC(=O)O)cc1. The molecule has 1 aromatic rings. The lowest BCUT2D eigenvalue weighted by Gasteiger charge is -2.04. The van der Waals surface area contributed by atoms with Crippen molar-refractivity contribution in [3.8, 4) is 5.75 Å². The Morgan fingerprint density at radius 1 is 1.38 bits per heavy atom. The Morgan fingerprint density at radius 2 is 2.06 bits per heavy atom. The second-order valence-corrected chi connectivity index (χ2v) is 3.17. The minimum Gasteiger partial charge on any atom is -0.493 e. The Balaban J connectivity index is 2.53. The Kier molecular flexibility index (Phi) is 4.86. The monoisotopic (exact) mass is 218 g/mol. The van der Waals surface area contributed by atoms with Crippen LogP contribution in [0.25, 0.3) is 6.08 Å². The van der Waals surface area contributed by atoms with E-state index in [9.17, 15) is 4.79 Å². The summed E-state index contributed by atoms with van der Waals surface area (Å²) in [6.45, 7) is 4.21. The summed E-state index contributed by atoms with van der Waals surface area (Å²) in [5.41, 5.74) is 0.832. The number of ether oxygens (including phenoxy) is 1. The smallest absolute Gasteiger partial charge is 0.328 e. The van der Waals surface area contributed by atoms with Crippen molar-refractivity contribution in [2.24, 2.45) is 0 Å². The highest BCUT2D eigenvalue weighted by atomic mass is 16.5. The Morgan fingerprint density at radius 3 is 2.62 bits per heavy atom. The van der Waals surface area contributed by atoms with Gasteiger partial charge in [-0.3, -0.25) is 0 Å². The minimum absolute atomic E-state index is 0.605. The van der Waals surface area contributed by atoms with Crippen molar-refractivity contribution in [1.82, 2.24) is 0 Å². The average molecular weight is 218 g/mol. The molecular weight excluding hydrogens is 204 g/mol. The van der Waals surface area contributed by atoms with Crippen LogP contribution >= 0.6 is 0 Å². The summed E-state index contributed by atoms with van der Waals surface area (Å²) < 4.78 is 5.42. The molecule has 0 bridgehead atoms. The zero-order valence-electron chi connectivity index (χ0n) is 8.93. The van der Waals surface area contributed by atoms with E-state index in [0.29, 0.717) is 6.61 Å². The lowest BCUT2D eigenvalue weighted by atomic mass is 10.2. The highest BCUT2D eigenvalue weighted by Crippen LogP contribution is 2.13. The molecule has 0 aliphatic heterocycles. The van der Waals surface area contributed by atoms with Crippen LogP contribution in [-0.2, 0) is 4.79 Å². The average Bonchev–Trinajstić information content (AvgIpc) is 2.28. The van der Waals surface area contributed by atoms with Crippen molar-refractivity contribution in [2.75, 3.05) is 6.61 Å². The van der Waals surface area contributed by atoms with E-state index in [4.69, 9.17) is 9.84 Å². The lowest BCUT2D eigenvalue weighted by molar-refractivity contribution is -0.131. The van der Waals surface area contributed by atoms with E-state index in [0.717, 1.165) is 23.8 Å². The van der Waals surface area contributed by atoms with Crippen LogP contribution in [0.3, 0.4) is 0 Å². The van der Waals surface area contributed by atoms with Gasteiger partial charge >= 0.3 is 5.97 Å². The lowest BCUT2D eigenvalue weighted by Crippen LogP contribution is -1.94. The summed E-state index contributed by atoms with van der Waals surface area (Å²) in [5, 5.41) is 8.45. The fourth-order valence-electron chi connectivity index (χ4n) is 1.10. The maximum atomic E-state index is 10.3. The van der Waals surface area contributed by atoms with E-state index in [-0.39, 0.29) is 0 Å². The molecule has 0 heterocycles. The minimum atomic E-state index is -0.952. The van der Waals surface area contributed by atoms with Gasteiger partial charge in [-0.25, -0.2) is 4.79 Å². The molecule has 0 radical (unpaired) electrons. The first-order valence-electron chi connectivity index (χ1n) is 4.97. The van der Waals surface area contributed by atoms with Crippen LogP contribution in [0.15, 0.2) is 43.0 Å². The van der Waals surface area contributed by atoms with Gasteiger partial charge in [0, 0.05) is 6.08 Å². The molecule has 3 heteroatoms. The van der Waals surface area contributed by atoms with Crippen LogP contribution in [0.4, 0.5) is 0 Å². The second kappa shape index (κ2) is 6.45. The van der Waals surface area contributed by atoms with Gasteiger partial charge in [0.25, 0.3) is 0 Å². The predicted octanol–water partition coefficient (Wildman–Crippen LogP) is 2.74. The fraction of sp³-hybridized carbons (Fsp3) is 0.154. The molecule has 0 aliphatic carbocycles. The third kappa shape index (κ3) is 4.46. The molecule has 84 valence electrons. The molecule has 0 saturated carbocycles. The van der Waals surface area contributed by atoms with E-state index in [1.54, 1.807) is 6.08 Å². The molecule has 1 aromatic carbocycles. The van der Waals surface area contributed by atoms with E-state index in [1.807, 2.05) is 24.3 Å². The number of benzene rings is 1. The topological polar surface area (TPSA) is 46.5 Å². The molecule has 16 heavy (non-hydrogen) atoms. The van der Waals surface area contributed by atoms with Crippen molar-refractivity contribution in [1.29, 1.82) is 0 Å². The van der Waals surface area contributed by atoms with Crippen LogP contribution in [0.1, 0.15) is 12.0 Å². The van der Waals surface area contributed by atoms with Gasteiger partial charge in [0.2, 0.25) is 0 Å². The summed E-state index contributed by atoms with van der Waals surface area (Å²) in [4.78, 5) is 10.3. The maximum Gasteiger partial charge on any atom is 0.328 e. The normalized spacial score (nSPS) is 10.2. The molecule has 1 rings (SSSR count). The summed E-state index contributed by atoms with van der Waals surface area (Å²) in [6.07, 6.45) is 5.24. The zero-order valence-corrected chi connectivity index (χ0v) is 8.93. The van der Waals surface area contributed by atoms with E-state index < -0.39 is 5.97 Å². The van der Waals surface area contributed by atoms with Crippen LogP contribution in [0, 0.1) is 0 Å². The Hall–Kier alpha value is -2.03. The largest absolute Gasteiger partial charge is 0.493 e. The molecule has 0 saturated heterocycles. The van der Waals surface area contributed by atoms with Crippen LogP contribution in [0.5, 0.6) is 5.75 Å². The summed E-state index contributed by atoms with van der Waals surface area (Å²) in [5.74, 6) is -0.180. The third-order valence-corrected chi connectivity index (χ3v) is 1.89. The molecule has 0 aliphatic rings. The highest BCUT2D eigenvalue weighted by molar-refractivity contribution is 5.85. The van der Waals surface area contributed by atoms with Crippen LogP contribution in [0.2, 0.25) is 0 Å². The Bertz CT molecular complexity index is 377. The number of carboxylic acid groups (broad SMARTS) is 1. The van der Waals surface area contributed by atoms with Crippen molar-refractivity contribution in [2.45, 2.75) is 6.42 Å². The molecule has 0 unspecified atom stereocenters.